The molecule has 142 valence electrons. The van der Waals surface area contributed by atoms with E-state index in [4.69, 9.17) is 11.6 Å². The van der Waals surface area contributed by atoms with Gasteiger partial charge in [0.2, 0.25) is 0 Å². The Morgan fingerprint density at radius 2 is 1.82 bits per heavy atom. The van der Waals surface area contributed by atoms with Crippen molar-refractivity contribution < 1.29 is 18.0 Å². The molecule has 0 unspecified atom stereocenters. The fourth-order valence-corrected chi connectivity index (χ4v) is 4.21. The van der Waals surface area contributed by atoms with Crippen LogP contribution in [-0.4, -0.2) is 16.1 Å². The number of carbonyl (C=O) groups excluding carboxylic acids is 1. The zero-order valence-corrected chi connectivity index (χ0v) is 15.9. The minimum Gasteiger partial charge on any atom is -0.317 e. The fraction of sp³-hybridized carbons (Fsp3) is 0.0952. The van der Waals surface area contributed by atoms with Crippen molar-refractivity contribution in [1.82, 2.24) is 4.57 Å². The summed E-state index contributed by atoms with van der Waals surface area (Å²) in [7, 11) is 0. The Kier molecular flexibility index (Phi) is 4.85. The van der Waals surface area contributed by atoms with E-state index in [1.807, 2.05) is 12.1 Å². The molecule has 7 heteroatoms. The van der Waals surface area contributed by atoms with Crippen LogP contribution in [0.25, 0.3) is 11.8 Å². The van der Waals surface area contributed by atoms with E-state index in [1.54, 1.807) is 46.8 Å². The van der Waals surface area contributed by atoms with Crippen molar-refractivity contribution in [2.24, 2.45) is 0 Å². The van der Waals surface area contributed by atoms with Crippen LogP contribution < -0.4 is 0 Å². The Labute approximate surface area is 168 Å². The number of carbonyl (C=O) groups is 1. The van der Waals surface area contributed by atoms with E-state index in [9.17, 15) is 18.0 Å². The van der Waals surface area contributed by atoms with Gasteiger partial charge in [-0.3, -0.25) is 4.79 Å². The van der Waals surface area contributed by atoms with Crippen LogP contribution in [0, 0.1) is 0 Å². The van der Waals surface area contributed by atoms with E-state index < -0.39 is 11.7 Å². The summed E-state index contributed by atoms with van der Waals surface area (Å²) >= 11 is 7.57. The molecule has 4 rings (SSSR count). The molecule has 1 aliphatic rings. The van der Waals surface area contributed by atoms with Crippen molar-refractivity contribution in [1.29, 1.82) is 0 Å². The van der Waals surface area contributed by atoms with Gasteiger partial charge in [0.05, 0.1) is 5.56 Å². The van der Waals surface area contributed by atoms with Crippen LogP contribution in [-0.2, 0) is 6.18 Å². The average Bonchev–Trinajstić information content (AvgIpc) is 3.12. The first-order chi connectivity index (χ1) is 13.3. The number of rotatable bonds is 2. The molecule has 0 bridgehead atoms. The van der Waals surface area contributed by atoms with Gasteiger partial charge < -0.3 is 4.57 Å². The first-order valence-corrected chi connectivity index (χ1v) is 9.72. The summed E-state index contributed by atoms with van der Waals surface area (Å²) in [6, 6.07) is 13.8. The Balaban J connectivity index is 1.67. The second-order valence-electron chi connectivity index (χ2n) is 6.28. The number of aromatic nitrogens is 1. The van der Waals surface area contributed by atoms with E-state index in [0.29, 0.717) is 33.3 Å². The van der Waals surface area contributed by atoms with Crippen LogP contribution >= 0.6 is 23.4 Å². The molecule has 2 nitrogen and oxygen atoms in total. The molecule has 1 aromatic heterocycles. The number of hydrogen-bond acceptors (Lipinski definition) is 2. The summed E-state index contributed by atoms with van der Waals surface area (Å²) in [6.07, 6.45) is -0.850. The molecule has 0 radical (unpaired) electrons. The second-order valence-corrected chi connectivity index (χ2v) is 7.73. The van der Waals surface area contributed by atoms with Gasteiger partial charge in [0.25, 0.3) is 0 Å². The summed E-state index contributed by atoms with van der Waals surface area (Å²) < 4.78 is 40.1. The zero-order valence-electron chi connectivity index (χ0n) is 14.3. The first-order valence-electron chi connectivity index (χ1n) is 8.35. The molecular weight excluding hydrogens is 407 g/mol. The van der Waals surface area contributed by atoms with Gasteiger partial charge in [0.1, 0.15) is 0 Å². The van der Waals surface area contributed by atoms with Crippen LogP contribution in [0.1, 0.15) is 21.6 Å². The maximum Gasteiger partial charge on any atom is 0.416 e. The van der Waals surface area contributed by atoms with Gasteiger partial charge in [-0.25, -0.2) is 0 Å². The molecule has 2 heterocycles. The highest BCUT2D eigenvalue weighted by Gasteiger charge is 2.30. The number of fused-ring (bicyclic) bond motifs is 1. The minimum atomic E-state index is -4.37. The Hall–Kier alpha value is -2.44. The number of nitrogens with zero attached hydrogens (tertiary/aromatic N) is 1. The summed E-state index contributed by atoms with van der Waals surface area (Å²) in [5.41, 5.74) is 1.79. The first kappa shape index (κ1) is 18.9. The molecule has 2 aromatic carbocycles. The predicted octanol–water partition coefficient (Wildman–Crippen LogP) is 6.52. The molecule has 3 aromatic rings. The van der Waals surface area contributed by atoms with E-state index in [1.165, 1.54) is 12.1 Å². The van der Waals surface area contributed by atoms with E-state index in [0.717, 1.165) is 17.0 Å². The molecular formula is C21H13ClF3NOS. The van der Waals surface area contributed by atoms with Crippen molar-refractivity contribution in [3.63, 3.8) is 0 Å². The van der Waals surface area contributed by atoms with Crippen LogP contribution in [0.2, 0.25) is 5.02 Å². The highest BCUT2D eigenvalue weighted by molar-refractivity contribution is 7.99. The summed E-state index contributed by atoms with van der Waals surface area (Å²) in [5, 5.41) is 0.502. The van der Waals surface area contributed by atoms with Gasteiger partial charge in [0, 0.05) is 44.4 Å². The normalized spacial score (nSPS) is 15.7. The number of halogens is 4. The molecule has 0 spiro atoms. The maximum atomic E-state index is 12.8. The van der Waals surface area contributed by atoms with Crippen LogP contribution in [0.4, 0.5) is 13.2 Å². The fourth-order valence-electron chi connectivity index (χ4n) is 3.04. The lowest BCUT2D eigenvalue weighted by Crippen LogP contribution is -2.12. The molecule has 0 amide bonds. The third kappa shape index (κ3) is 3.62. The van der Waals surface area contributed by atoms with Crippen LogP contribution in [0.5, 0.6) is 0 Å². The Morgan fingerprint density at radius 3 is 2.54 bits per heavy atom. The van der Waals surface area contributed by atoms with Crippen LogP contribution in [0.15, 0.2) is 71.3 Å². The van der Waals surface area contributed by atoms with Gasteiger partial charge in [-0.2, -0.15) is 13.2 Å². The van der Waals surface area contributed by atoms with Crippen LogP contribution in [0.3, 0.4) is 0 Å². The lowest BCUT2D eigenvalue weighted by molar-refractivity contribution is -0.137. The average molecular weight is 420 g/mol. The molecule has 0 saturated heterocycles. The molecule has 0 atom stereocenters. The van der Waals surface area contributed by atoms with Gasteiger partial charge in [-0.15, -0.1) is 11.8 Å². The highest BCUT2D eigenvalue weighted by Crippen LogP contribution is 2.35. The summed E-state index contributed by atoms with van der Waals surface area (Å²) in [6.45, 7) is 0. The molecule has 0 N–H and O–H groups in total. The number of alkyl halides is 3. The van der Waals surface area contributed by atoms with Gasteiger partial charge in [0.15, 0.2) is 5.78 Å². The molecule has 0 aliphatic carbocycles. The molecule has 0 fully saturated rings. The van der Waals surface area contributed by atoms with Gasteiger partial charge in [-0.1, -0.05) is 11.6 Å². The Morgan fingerprint density at radius 1 is 1.07 bits per heavy atom. The monoisotopic (exact) mass is 419 g/mol. The SMILES string of the molecule is O=C1C(=Cc2cccn2-c2ccc(C(F)(F)F)cc2)CSc2ccc(Cl)cc21. The lowest BCUT2D eigenvalue weighted by Gasteiger charge is -2.17. The predicted molar refractivity (Wildman–Crippen MR) is 105 cm³/mol. The minimum absolute atomic E-state index is 0.0866. The third-order valence-corrected chi connectivity index (χ3v) is 5.79. The van der Waals surface area contributed by atoms with Crippen molar-refractivity contribution in [3.8, 4) is 5.69 Å². The van der Waals surface area contributed by atoms with Gasteiger partial charge in [-0.05, 0) is 60.7 Å². The summed E-state index contributed by atoms with van der Waals surface area (Å²) in [5.74, 6) is 0.433. The number of hydrogen-bond donors (Lipinski definition) is 0. The van der Waals surface area contributed by atoms with E-state index in [-0.39, 0.29) is 5.78 Å². The molecule has 28 heavy (non-hydrogen) atoms. The molecule has 0 saturated carbocycles. The highest BCUT2D eigenvalue weighted by atomic mass is 35.5. The Bertz CT molecular complexity index is 1080. The smallest absolute Gasteiger partial charge is 0.317 e. The summed E-state index contributed by atoms with van der Waals surface area (Å²) in [4.78, 5) is 13.7. The standard InChI is InChI=1S/C21H13ClF3NOS/c22-15-5-8-19-18(11-15)20(27)13(12-28-19)10-17-2-1-9-26(17)16-6-3-14(4-7-16)21(23,24)25/h1-11H,12H2. The van der Waals surface area contributed by atoms with E-state index in [2.05, 4.69) is 0 Å². The quantitative estimate of drug-likeness (QED) is 0.441. The maximum absolute atomic E-state index is 12.8. The topological polar surface area (TPSA) is 22.0 Å². The lowest BCUT2D eigenvalue weighted by atomic mass is 10.0. The van der Waals surface area contributed by atoms with Crippen molar-refractivity contribution in [2.75, 3.05) is 5.75 Å². The van der Waals surface area contributed by atoms with Crippen molar-refractivity contribution >= 4 is 35.2 Å². The second kappa shape index (κ2) is 7.18. The van der Waals surface area contributed by atoms with Crippen molar-refractivity contribution in [3.05, 3.63) is 88.2 Å². The third-order valence-electron chi connectivity index (χ3n) is 4.44. The number of Topliss-reactive ketones (excluding diaryl/α,β-unsaturated/α-hetero) is 1. The number of benzene rings is 2. The number of thioether (sulfide) groups is 1. The van der Waals surface area contributed by atoms with Gasteiger partial charge >= 0.3 is 6.18 Å². The molecule has 1 aliphatic heterocycles. The van der Waals surface area contributed by atoms with E-state index >= 15 is 0 Å². The van der Waals surface area contributed by atoms with Crippen molar-refractivity contribution in [2.45, 2.75) is 11.1 Å². The number of ketones is 1. The zero-order chi connectivity index (χ0) is 19.9. The largest absolute Gasteiger partial charge is 0.416 e.